The van der Waals surface area contributed by atoms with Crippen molar-refractivity contribution in [3.63, 3.8) is 0 Å². The zero-order valence-electron chi connectivity index (χ0n) is 10.8. The Morgan fingerprint density at radius 2 is 2.05 bits per heavy atom. The first-order chi connectivity index (χ1) is 9.09. The second-order valence-corrected chi connectivity index (χ2v) is 6.02. The highest BCUT2D eigenvalue weighted by atomic mass is 32.2. The van der Waals surface area contributed by atoms with Crippen LogP contribution in [0, 0.1) is 0 Å². The fraction of sp³-hybridized carbons (Fsp3) is 0.429. The molecule has 0 bridgehead atoms. The summed E-state index contributed by atoms with van der Waals surface area (Å²) in [6, 6.07) is 9.04. The van der Waals surface area contributed by atoms with Crippen molar-refractivity contribution in [2.24, 2.45) is 0 Å². The number of carboxylic acids is 1. The quantitative estimate of drug-likeness (QED) is 0.859. The Labute approximate surface area is 116 Å². The van der Waals surface area contributed by atoms with Crippen LogP contribution in [0.25, 0.3) is 0 Å². The fourth-order valence-corrected chi connectivity index (χ4v) is 3.23. The molecule has 0 aromatic heterocycles. The molecule has 0 spiro atoms. The summed E-state index contributed by atoms with van der Waals surface area (Å²) >= 11 is 1.47. The number of hydrogen-bond donors (Lipinski definition) is 1. The van der Waals surface area contributed by atoms with Crippen LogP contribution in [0.5, 0.6) is 0 Å². The van der Waals surface area contributed by atoms with Gasteiger partial charge in [-0.1, -0.05) is 18.2 Å². The van der Waals surface area contributed by atoms with Crippen molar-refractivity contribution in [2.45, 2.75) is 36.0 Å². The monoisotopic (exact) mass is 279 g/mol. The van der Waals surface area contributed by atoms with Crippen molar-refractivity contribution in [2.75, 3.05) is 6.54 Å². The average molecular weight is 279 g/mol. The average Bonchev–Trinajstić information content (AvgIpc) is 2.88. The summed E-state index contributed by atoms with van der Waals surface area (Å²) in [6.45, 7) is 2.38. The number of carbonyl (C=O) groups is 2. The Morgan fingerprint density at radius 1 is 1.37 bits per heavy atom. The number of amides is 1. The van der Waals surface area contributed by atoms with Crippen LogP contribution >= 0.6 is 11.8 Å². The number of nitrogens with zero attached hydrogens (tertiary/aromatic N) is 1. The molecular formula is C14H17NO3S. The summed E-state index contributed by atoms with van der Waals surface area (Å²) in [6.07, 6.45) is 1.33. The molecule has 0 radical (unpaired) electrons. The standard InChI is InChI=1S/C14H17NO3S/c1-10(19-11-6-3-2-4-7-11)13(16)15-9-5-8-12(15)14(17)18/h2-4,6-7,10,12H,5,8-9H2,1H3,(H,17,18). The van der Waals surface area contributed by atoms with Crippen molar-refractivity contribution in [3.8, 4) is 0 Å². The van der Waals surface area contributed by atoms with E-state index in [4.69, 9.17) is 5.11 Å². The Bertz CT molecular complexity index is 463. The molecule has 2 rings (SSSR count). The molecule has 0 aliphatic carbocycles. The molecule has 1 aliphatic heterocycles. The smallest absolute Gasteiger partial charge is 0.326 e. The minimum absolute atomic E-state index is 0.0845. The summed E-state index contributed by atoms with van der Waals surface area (Å²) in [5.41, 5.74) is 0. The molecule has 1 aromatic rings. The Hall–Kier alpha value is -1.49. The number of thioether (sulfide) groups is 1. The molecule has 1 aliphatic rings. The third kappa shape index (κ3) is 3.29. The van der Waals surface area contributed by atoms with E-state index in [2.05, 4.69) is 0 Å². The first kappa shape index (κ1) is 13.9. The second-order valence-electron chi connectivity index (χ2n) is 4.60. The number of carbonyl (C=O) groups excluding carboxylic acids is 1. The van der Waals surface area contributed by atoms with Gasteiger partial charge in [-0.3, -0.25) is 4.79 Å². The van der Waals surface area contributed by atoms with Crippen molar-refractivity contribution in [1.29, 1.82) is 0 Å². The lowest BCUT2D eigenvalue weighted by atomic mass is 10.2. The minimum Gasteiger partial charge on any atom is -0.480 e. The summed E-state index contributed by atoms with van der Waals surface area (Å²) in [4.78, 5) is 25.9. The lowest BCUT2D eigenvalue weighted by molar-refractivity contribution is -0.147. The number of likely N-dealkylation sites (tertiary alicyclic amines) is 1. The van der Waals surface area contributed by atoms with Crippen LogP contribution in [-0.4, -0.2) is 39.7 Å². The molecule has 1 heterocycles. The van der Waals surface area contributed by atoms with Gasteiger partial charge in [-0.15, -0.1) is 11.8 Å². The molecular weight excluding hydrogens is 262 g/mol. The maximum absolute atomic E-state index is 12.3. The van der Waals surface area contributed by atoms with E-state index < -0.39 is 12.0 Å². The van der Waals surface area contributed by atoms with E-state index in [9.17, 15) is 9.59 Å². The van der Waals surface area contributed by atoms with Gasteiger partial charge in [0.05, 0.1) is 5.25 Å². The zero-order chi connectivity index (χ0) is 13.8. The van der Waals surface area contributed by atoms with E-state index in [0.717, 1.165) is 11.3 Å². The van der Waals surface area contributed by atoms with Gasteiger partial charge in [-0.25, -0.2) is 4.79 Å². The van der Waals surface area contributed by atoms with Crippen molar-refractivity contribution >= 4 is 23.6 Å². The maximum Gasteiger partial charge on any atom is 0.326 e. The fourth-order valence-electron chi connectivity index (χ4n) is 2.27. The van der Waals surface area contributed by atoms with Crippen LogP contribution in [0.15, 0.2) is 35.2 Å². The molecule has 19 heavy (non-hydrogen) atoms. The van der Waals surface area contributed by atoms with Crippen LogP contribution < -0.4 is 0 Å². The maximum atomic E-state index is 12.3. The summed E-state index contributed by atoms with van der Waals surface area (Å²) in [5, 5.41) is 8.84. The zero-order valence-corrected chi connectivity index (χ0v) is 11.6. The van der Waals surface area contributed by atoms with E-state index in [0.29, 0.717) is 13.0 Å². The predicted molar refractivity (Wildman–Crippen MR) is 74.1 cm³/mol. The SMILES string of the molecule is CC(Sc1ccccc1)C(=O)N1CCCC1C(=O)O. The third-order valence-corrected chi connectivity index (χ3v) is 4.32. The van der Waals surface area contributed by atoms with Crippen LogP contribution in [0.4, 0.5) is 0 Å². The second kappa shape index (κ2) is 6.10. The first-order valence-corrected chi connectivity index (χ1v) is 7.22. The lowest BCUT2D eigenvalue weighted by Gasteiger charge is -2.24. The molecule has 1 amide bonds. The van der Waals surface area contributed by atoms with E-state index in [1.54, 1.807) is 0 Å². The van der Waals surface area contributed by atoms with Gasteiger partial charge in [0.15, 0.2) is 0 Å². The van der Waals surface area contributed by atoms with Crippen molar-refractivity contribution in [3.05, 3.63) is 30.3 Å². The molecule has 1 saturated heterocycles. The normalized spacial score (nSPS) is 20.3. The first-order valence-electron chi connectivity index (χ1n) is 6.34. The number of aliphatic carboxylic acids is 1. The van der Waals surface area contributed by atoms with Gasteiger partial charge in [0.1, 0.15) is 6.04 Å². The molecule has 0 saturated carbocycles. The summed E-state index contributed by atoms with van der Waals surface area (Å²) < 4.78 is 0. The Balaban J connectivity index is 2.01. The van der Waals surface area contributed by atoms with E-state index in [1.807, 2.05) is 37.3 Å². The Kier molecular flexibility index (Phi) is 4.47. The summed E-state index contributed by atoms with van der Waals surface area (Å²) in [7, 11) is 0. The number of carboxylic acid groups (broad SMARTS) is 1. The lowest BCUT2D eigenvalue weighted by Crippen LogP contribution is -2.43. The molecule has 1 aromatic carbocycles. The largest absolute Gasteiger partial charge is 0.480 e. The molecule has 102 valence electrons. The van der Waals surface area contributed by atoms with Crippen LogP contribution in [0.1, 0.15) is 19.8 Å². The van der Waals surface area contributed by atoms with Gasteiger partial charge in [-0.05, 0) is 31.9 Å². The van der Waals surface area contributed by atoms with Gasteiger partial charge in [-0.2, -0.15) is 0 Å². The highest BCUT2D eigenvalue weighted by Gasteiger charge is 2.35. The number of benzene rings is 1. The highest BCUT2D eigenvalue weighted by molar-refractivity contribution is 8.00. The van der Waals surface area contributed by atoms with Gasteiger partial charge in [0.25, 0.3) is 0 Å². The number of hydrogen-bond acceptors (Lipinski definition) is 3. The van der Waals surface area contributed by atoms with Crippen molar-refractivity contribution in [1.82, 2.24) is 4.90 Å². The van der Waals surface area contributed by atoms with Crippen LogP contribution in [0.2, 0.25) is 0 Å². The third-order valence-electron chi connectivity index (χ3n) is 3.22. The van der Waals surface area contributed by atoms with Gasteiger partial charge in [0, 0.05) is 11.4 Å². The van der Waals surface area contributed by atoms with Crippen LogP contribution in [0.3, 0.4) is 0 Å². The van der Waals surface area contributed by atoms with Gasteiger partial charge < -0.3 is 10.0 Å². The highest BCUT2D eigenvalue weighted by Crippen LogP contribution is 2.27. The van der Waals surface area contributed by atoms with Gasteiger partial charge in [0.2, 0.25) is 5.91 Å². The molecule has 4 nitrogen and oxygen atoms in total. The van der Waals surface area contributed by atoms with Crippen molar-refractivity contribution < 1.29 is 14.7 Å². The molecule has 1 N–H and O–H groups in total. The Morgan fingerprint density at radius 3 is 2.68 bits per heavy atom. The minimum atomic E-state index is -0.900. The molecule has 1 fully saturated rings. The predicted octanol–water partition coefficient (Wildman–Crippen LogP) is 2.24. The summed E-state index contributed by atoms with van der Waals surface area (Å²) in [5.74, 6) is -0.985. The van der Waals surface area contributed by atoms with Crippen LogP contribution in [-0.2, 0) is 9.59 Å². The molecule has 2 unspecified atom stereocenters. The molecule has 2 atom stereocenters. The van der Waals surface area contributed by atoms with E-state index in [-0.39, 0.29) is 11.2 Å². The van der Waals surface area contributed by atoms with E-state index in [1.165, 1.54) is 16.7 Å². The number of rotatable bonds is 4. The topological polar surface area (TPSA) is 57.6 Å². The molecule has 5 heteroatoms. The van der Waals surface area contributed by atoms with E-state index >= 15 is 0 Å². The van der Waals surface area contributed by atoms with Gasteiger partial charge >= 0.3 is 5.97 Å².